The molecule has 3 N–H and O–H groups in total. The number of ether oxygens (including phenoxy) is 2. The number of rotatable bonds is 10. The van der Waals surface area contributed by atoms with E-state index in [0.29, 0.717) is 42.8 Å². The number of benzene rings is 2. The zero-order valence-corrected chi connectivity index (χ0v) is 23.6. The van der Waals surface area contributed by atoms with Crippen molar-refractivity contribution in [3.63, 3.8) is 0 Å². The van der Waals surface area contributed by atoms with Gasteiger partial charge < -0.3 is 30.1 Å². The van der Waals surface area contributed by atoms with Crippen LogP contribution in [0.2, 0.25) is 0 Å². The van der Waals surface area contributed by atoms with Gasteiger partial charge in [0, 0.05) is 11.4 Å². The summed E-state index contributed by atoms with van der Waals surface area (Å²) in [6.45, 7) is 5.62. The maximum Gasteiger partial charge on any atom is 0.250 e. The first-order valence-electron chi connectivity index (χ1n) is 14.2. The van der Waals surface area contributed by atoms with Crippen molar-refractivity contribution in [2.75, 3.05) is 24.4 Å². The first-order chi connectivity index (χ1) is 19.2. The molecule has 40 heavy (non-hydrogen) atoms. The summed E-state index contributed by atoms with van der Waals surface area (Å²) in [6, 6.07) is 14.5. The Morgan fingerprint density at radius 2 is 1.70 bits per heavy atom. The van der Waals surface area contributed by atoms with Crippen LogP contribution in [0.5, 0.6) is 5.75 Å². The van der Waals surface area contributed by atoms with Crippen LogP contribution in [0.15, 0.2) is 54.6 Å². The highest BCUT2D eigenvalue weighted by Gasteiger charge is 2.79. The van der Waals surface area contributed by atoms with Crippen molar-refractivity contribution >= 4 is 29.1 Å². The van der Waals surface area contributed by atoms with Gasteiger partial charge in [0.2, 0.25) is 17.7 Å². The highest BCUT2D eigenvalue weighted by molar-refractivity contribution is 6.05. The zero-order chi connectivity index (χ0) is 28.7. The Morgan fingerprint density at radius 3 is 2.30 bits per heavy atom. The number of anilines is 2. The van der Waals surface area contributed by atoms with E-state index in [1.165, 1.54) is 4.90 Å². The summed E-state index contributed by atoms with van der Waals surface area (Å²) in [6.07, 6.45) is 2.28. The lowest BCUT2D eigenvalue weighted by molar-refractivity contribution is -0.149. The maximum atomic E-state index is 14.4. The Morgan fingerprint density at radius 1 is 1.05 bits per heavy atom. The zero-order valence-electron chi connectivity index (χ0n) is 23.6. The largest absolute Gasteiger partial charge is 0.497 e. The summed E-state index contributed by atoms with van der Waals surface area (Å²) >= 11 is 0. The van der Waals surface area contributed by atoms with Gasteiger partial charge in [-0.2, -0.15) is 0 Å². The molecular formula is C31H39N3O6. The number of carbonyl (C=O) groups is 3. The predicted octanol–water partition coefficient (Wildman–Crippen LogP) is 3.83. The Hall–Kier alpha value is -3.43. The van der Waals surface area contributed by atoms with Gasteiger partial charge in [-0.3, -0.25) is 14.4 Å². The molecule has 214 valence electrons. The summed E-state index contributed by atoms with van der Waals surface area (Å²) in [5, 5.41) is 16.5. The molecule has 3 amide bonds. The third kappa shape index (κ3) is 4.36. The second-order valence-corrected chi connectivity index (χ2v) is 11.3. The number of methoxy groups -OCH3 is 1. The van der Waals surface area contributed by atoms with Crippen molar-refractivity contribution in [3.05, 3.63) is 54.6 Å². The van der Waals surface area contributed by atoms with E-state index in [9.17, 15) is 19.5 Å². The first kappa shape index (κ1) is 28.1. The van der Waals surface area contributed by atoms with Crippen molar-refractivity contribution in [3.8, 4) is 5.75 Å². The van der Waals surface area contributed by atoms with Gasteiger partial charge in [0.1, 0.15) is 17.4 Å². The molecule has 3 heterocycles. The first-order valence-corrected chi connectivity index (χ1v) is 14.2. The second-order valence-electron chi connectivity index (χ2n) is 11.3. The molecule has 1 spiro atoms. The van der Waals surface area contributed by atoms with E-state index in [4.69, 9.17) is 9.47 Å². The number of hydrogen-bond donors (Lipinski definition) is 3. The van der Waals surface area contributed by atoms with Crippen LogP contribution in [0, 0.1) is 17.8 Å². The number of hydrogen-bond acceptors (Lipinski definition) is 6. The number of amides is 3. The number of nitrogens with one attached hydrogen (secondary N) is 2. The third-order valence-electron chi connectivity index (χ3n) is 9.39. The number of fused-ring (bicyclic) bond motifs is 1. The van der Waals surface area contributed by atoms with Gasteiger partial charge in [0.25, 0.3) is 0 Å². The highest BCUT2D eigenvalue weighted by atomic mass is 16.5. The summed E-state index contributed by atoms with van der Waals surface area (Å²) in [4.78, 5) is 44.0. The van der Waals surface area contributed by atoms with Crippen molar-refractivity contribution < 1.29 is 29.0 Å². The number of aliphatic hydroxyl groups is 1. The minimum Gasteiger partial charge on any atom is -0.497 e. The van der Waals surface area contributed by atoms with Crippen LogP contribution in [-0.4, -0.2) is 64.7 Å². The fraction of sp³-hybridized carbons (Fsp3) is 0.516. The number of para-hydroxylation sites is 1. The van der Waals surface area contributed by atoms with Crippen molar-refractivity contribution in [2.24, 2.45) is 17.8 Å². The summed E-state index contributed by atoms with van der Waals surface area (Å²) in [5.41, 5.74) is -0.837. The molecular weight excluding hydrogens is 510 g/mol. The van der Waals surface area contributed by atoms with Gasteiger partial charge in [-0.05, 0) is 61.6 Å². The Bertz CT molecular complexity index is 1250. The summed E-state index contributed by atoms with van der Waals surface area (Å²) in [5.74, 6) is -2.01. The number of likely N-dealkylation sites (tertiary alicyclic amines) is 1. The van der Waals surface area contributed by atoms with E-state index in [1.807, 2.05) is 39.0 Å². The van der Waals surface area contributed by atoms with Crippen LogP contribution in [-0.2, 0) is 19.1 Å². The lowest BCUT2D eigenvalue weighted by Gasteiger charge is -2.39. The Kier molecular flexibility index (Phi) is 7.63. The standard InChI is InChI=1S/C31H39N3O6/c1-5-19(3)23(18-35)34-26(28(37)33-21-12-14-22(39-4)15-13-21)31-17-16-30(6-2,40-31)24(25(31)29(34)38)27(36)32-20-10-8-7-9-11-20/h7-15,19,23-26,35H,5-6,16-18H2,1-4H3,(H,32,36)(H,33,37)/t19-,23-,24+,25-,26?,30-,31?/m0/s1. The van der Waals surface area contributed by atoms with Crippen LogP contribution in [0.4, 0.5) is 11.4 Å². The molecule has 5 rings (SSSR count). The molecule has 2 bridgehead atoms. The second kappa shape index (κ2) is 10.9. The molecule has 9 nitrogen and oxygen atoms in total. The number of carbonyl (C=O) groups excluding carboxylic acids is 3. The van der Waals surface area contributed by atoms with E-state index in [-0.39, 0.29) is 24.3 Å². The van der Waals surface area contributed by atoms with Gasteiger partial charge >= 0.3 is 0 Å². The number of nitrogens with zero attached hydrogens (tertiary/aromatic N) is 1. The smallest absolute Gasteiger partial charge is 0.250 e. The van der Waals surface area contributed by atoms with E-state index >= 15 is 0 Å². The third-order valence-corrected chi connectivity index (χ3v) is 9.39. The SMILES string of the molecule is CC[C@H](C)[C@H](CO)N1C(=O)[C@@H]2[C@H](C(=O)Nc3ccccc3)[C@]3(CC)CCC2(O3)C1C(=O)Nc1ccc(OC)cc1. The van der Waals surface area contributed by atoms with Crippen LogP contribution in [0.25, 0.3) is 0 Å². The molecule has 2 aromatic carbocycles. The maximum absolute atomic E-state index is 14.4. The predicted molar refractivity (Wildman–Crippen MR) is 151 cm³/mol. The minimum atomic E-state index is -1.18. The van der Waals surface area contributed by atoms with Crippen molar-refractivity contribution in [1.29, 1.82) is 0 Å². The fourth-order valence-corrected chi connectivity index (χ4v) is 7.15. The van der Waals surface area contributed by atoms with Gasteiger partial charge in [0.15, 0.2) is 0 Å². The molecule has 3 fully saturated rings. The molecule has 0 aromatic heterocycles. The van der Waals surface area contributed by atoms with Crippen LogP contribution in [0.1, 0.15) is 46.5 Å². The van der Waals surface area contributed by atoms with Gasteiger partial charge in [0.05, 0.1) is 37.2 Å². The molecule has 3 aliphatic rings. The molecule has 2 aromatic rings. The van der Waals surface area contributed by atoms with Crippen LogP contribution >= 0.6 is 0 Å². The quantitative estimate of drug-likeness (QED) is 0.415. The Balaban J connectivity index is 1.56. The van der Waals surface area contributed by atoms with Gasteiger partial charge in [-0.25, -0.2) is 0 Å². The molecule has 2 unspecified atom stereocenters. The lowest BCUT2D eigenvalue weighted by Crippen LogP contribution is -2.57. The topological polar surface area (TPSA) is 117 Å². The summed E-state index contributed by atoms with van der Waals surface area (Å²) < 4.78 is 12.1. The highest BCUT2D eigenvalue weighted by Crippen LogP contribution is 2.64. The average molecular weight is 550 g/mol. The number of aliphatic hydroxyl groups excluding tert-OH is 1. The molecule has 9 heteroatoms. The lowest BCUT2D eigenvalue weighted by atomic mass is 9.65. The minimum absolute atomic E-state index is 0.0746. The summed E-state index contributed by atoms with van der Waals surface area (Å²) in [7, 11) is 1.57. The molecule has 0 aliphatic carbocycles. The molecule has 3 aliphatic heterocycles. The molecule has 3 saturated heterocycles. The van der Waals surface area contributed by atoms with Crippen LogP contribution in [0.3, 0.4) is 0 Å². The van der Waals surface area contributed by atoms with E-state index in [1.54, 1.807) is 43.5 Å². The van der Waals surface area contributed by atoms with E-state index in [0.717, 1.165) is 0 Å². The van der Waals surface area contributed by atoms with Gasteiger partial charge in [-0.1, -0.05) is 45.4 Å². The van der Waals surface area contributed by atoms with Crippen molar-refractivity contribution in [1.82, 2.24) is 4.90 Å². The van der Waals surface area contributed by atoms with Crippen molar-refractivity contribution in [2.45, 2.75) is 69.7 Å². The van der Waals surface area contributed by atoms with Crippen LogP contribution < -0.4 is 15.4 Å². The monoisotopic (exact) mass is 549 g/mol. The molecule has 7 atom stereocenters. The normalized spacial score (nSPS) is 30.1. The van der Waals surface area contributed by atoms with Gasteiger partial charge in [-0.15, -0.1) is 0 Å². The van der Waals surface area contributed by atoms with E-state index < -0.39 is 41.0 Å². The Labute approximate surface area is 235 Å². The molecule has 0 saturated carbocycles. The average Bonchev–Trinajstić information content (AvgIpc) is 3.58. The van der Waals surface area contributed by atoms with E-state index in [2.05, 4.69) is 10.6 Å². The molecule has 0 radical (unpaired) electrons. The fourth-order valence-electron chi connectivity index (χ4n) is 7.15.